The SMILES string of the molecule is CCCCCCCCCCCCCCCCCCCCC.CCCCCCCCCCCCCCCCCCCCCCCCCCCCCCCC(=O)O. The van der Waals surface area contributed by atoms with Crippen molar-refractivity contribution in [1.29, 1.82) is 0 Å². The number of aliphatic carboxylic acids is 1. The zero-order valence-electron chi connectivity index (χ0n) is 39.0. The fourth-order valence-corrected chi connectivity index (χ4v) is 8.27. The lowest BCUT2D eigenvalue weighted by Gasteiger charge is -2.04. The molecule has 0 bridgehead atoms. The van der Waals surface area contributed by atoms with Gasteiger partial charge in [0.25, 0.3) is 0 Å². The lowest BCUT2D eigenvalue weighted by Crippen LogP contribution is -1.93. The van der Waals surface area contributed by atoms with E-state index < -0.39 is 5.97 Å². The van der Waals surface area contributed by atoms with E-state index in [-0.39, 0.29) is 0 Å². The van der Waals surface area contributed by atoms with Crippen molar-refractivity contribution in [3.8, 4) is 0 Å². The summed E-state index contributed by atoms with van der Waals surface area (Å²) in [7, 11) is 0. The summed E-state index contributed by atoms with van der Waals surface area (Å²) in [4.78, 5) is 10.5. The summed E-state index contributed by atoms with van der Waals surface area (Å²) in [5.74, 6) is -0.648. The quantitative estimate of drug-likeness (QED) is 0.0625. The maximum Gasteiger partial charge on any atom is 0.303 e. The second-order valence-electron chi connectivity index (χ2n) is 18.1. The van der Waals surface area contributed by atoms with Crippen LogP contribution in [0.5, 0.6) is 0 Å². The number of carboxylic acids is 1. The predicted molar refractivity (Wildman–Crippen MR) is 251 cm³/mol. The largest absolute Gasteiger partial charge is 0.481 e. The van der Waals surface area contributed by atoms with Crippen molar-refractivity contribution >= 4 is 5.97 Å². The Morgan fingerprint density at radius 3 is 0.436 bits per heavy atom. The molecule has 0 rings (SSSR count). The number of rotatable bonds is 48. The van der Waals surface area contributed by atoms with Crippen molar-refractivity contribution in [1.82, 2.24) is 0 Å². The smallest absolute Gasteiger partial charge is 0.303 e. The third-order valence-electron chi connectivity index (χ3n) is 12.2. The molecule has 0 spiro atoms. The van der Waals surface area contributed by atoms with Crippen LogP contribution < -0.4 is 0 Å². The van der Waals surface area contributed by atoms with Crippen molar-refractivity contribution in [2.24, 2.45) is 0 Å². The van der Waals surface area contributed by atoms with Gasteiger partial charge in [0.1, 0.15) is 0 Å². The maximum atomic E-state index is 10.5. The molecule has 0 saturated carbocycles. The van der Waals surface area contributed by atoms with Gasteiger partial charge >= 0.3 is 5.97 Å². The van der Waals surface area contributed by atoms with E-state index in [0.29, 0.717) is 6.42 Å². The van der Waals surface area contributed by atoms with Gasteiger partial charge in [-0.25, -0.2) is 0 Å². The third kappa shape index (κ3) is 60.3. The molecule has 0 aliphatic carbocycles. The Bertz CT molecular complexity index is 626. The molecule has 2 heteroatoms. The second kappa shape index (κ2) is 55.6. The topological polar surface area (TPSA) is 37.3 Å². The van der Waals surface area contributed by atoms with Gasteiger partial charge in [0.2, 0.25) is 0 Å². The van der Waals surface area contributed by atoms with Crippen LogP contribution >= 0.6 is 0 Å². The first-order chi connectivity index (χ1) is 27.2. The normalized spacial score (nSPS) is 11.3. The molecule has 0 aromatic carbocycles. The number of unbranched alkanes of at least 4 members (excludes halogenated alkanes) is 46. The molecule has 0 fully saturated rings. The van der Waals surface area contributed by atoms with Crippen LogP contribution in [0.25, 0.3) is 0 Å². The highest BCUT2D eigenvalue weighted by atomic mass is 16.4. The highest BCUT2D eigenvalue weighted by Crippen LogP contribution is 2.18. The van der Waals surface area contributed by atoms with Gasteiger partial charge < -0.3 is 5.11 Å². The minimum atomic E-state index is -0.648. The van der Waals surface area contributed by atoms with Crippen LogP contribution in [0.3, 0.4) is 0 Å². The zero-order valence-corrected chi connectivity index (χ0v) is 39.0. The molecular weight excluding hydrogens is 669 g/mol. The van der Waals surface area contributed by atoms with E-state index in [4.69, 9.17) is 5.11 Å². The Labute approximate surface area is 350 Å². The molecule has 55 heavy (non-hydrogen) atoms. The molecule has 332 valence electrons. The summed E-state index contributed by atoms with van der Waals surface area (Å²) in [6.45, 7) is 6.89. The predicted octanol–water partition coefficient (Wildman–Crippen LogP) is 20.2. The summed E-state index contributed by atoms with van der Waals surface area (Å²) in [6.07, 6.45) is 68.9. The molecule has 0 saturated heterocycles. The fraction of sp³-hybridized carbons (Fsp3) is 0.981. The number of hydrogen-bond acceptors (Lipinski definition) is 1. The third-order valence-corrected chi connectivity index (χ3v) is 12.2. The summed E-state index contributed by atoms with van der Waals surface area (Å²) in [5, 5.41) is 8.61. The van der Waals surface area contributed by atoms with Crippen LogP contribution in [0.15, 0.2) is 0 Å². The van der Waals surface area contributed by atoms with Crippen LogP contribution in [-0.4, -0.2) is 11.1 Å². The van der Waals surface area contributed by atoms with Gasteiger partial charge in [-0.3, -0.25) is 4.79 Å². The molecule has 0 unspecified atom stereocenters. The van der Waals surface area contributed by atoms with Gasteiger partial charge in [0, 0.05) is 6.42 Å². The number of hydrogen-bond donors (Lipinski definition) is 1. The molecule has 0 aliphatic heterocycles. The number of carbonyl (C=O) groups is 1. The monoisotopic (exact) mass is 777 g/mol. The number of carboxylic acid groups (broad SMARTS) is 1. The van der Waals surface area contributed by atoms with Gasteiger partial charge in [0.05, 0.1) is 0 Å². The minimum Gasteiger partial charge on any atom is -0.481 e. The molecule has 2 nitrogen and oxygen atoms in total. The summed E-state index contributed by atoms with van der Waals surface area (Å²) < 4.78 is 0. The lowest BCUT2D eigenvalue weighted by atomic mass is 10.0. The van der Waals surface area contributed by atoms with E-state index in [0.717, 1.165) is 12.8 Å². The summed E-state index contributed by atoms with van der Waals surface area (Å²) in [5.41, 5.74) is 0. The Balaban J connectivity index is 0. The Kier molecular flexibility index (Phi) is 57.2. The summed E-state index contributed by atoms with van der Waals surface area (Å²) >= 11 is 0. The van der Waals surface area contributed by atoms with Crippen LogP contribution in [0.4, 0.5) is 0 Å². The minimum absolute atomic E-state index is 0.347. The maximum absolute atomic E-state index is 10.5. The second-order valence-corrected chi connectivity index (χ2v) is 18.1. The highest BCUT2D eigenvalue weighted by molar-refractivity contribution is 5.66. The van der Waals surface area contributed by atoms with Gasteiger partial charge in [-0.2, -0.15) is 0 Å². The van der Waals surface area contributed by atoms with Crippen LogP contribution in [0.1, 0.15) is 335 Å². The van der Waals surface area contributed by atoms with Gasteiger partial charge in [0.15, 0.2) is 0 Å². The zero-order chi connectivity index (χ0) is 40.2. The van der Waals surface area contributed by atoms with Gasteiger partial charge in [-0.15, -0.1) is 0 Å². The fourth-order valence-electron chi connectivity index (χ4n) is 8.27. The molecule has 0 heterocycles. The van der Waals surface area contributed by atoms with E-state index >= 15 is 0 Å². The Morgan fingerprint density at radius 2 is 0.327 bits per heavy atom. The average Bonchev–Trinajstić information content (AvgIpc) is 3.18. The van der Waals surface area contributed by atoms with Crippen LogP contribution in [-0.2, 0) is 4.79 Å². The van der Waals surface area contributed by atoms with E-state index in [2.05, 4.69) is 20.8 Å². The van der Waals surface area contributed by atoms with E-state index in [1.54, 1.807) is 0 Å². The van der Waals surface area contributed by atoms with Gasteiger partial charge in [-0.1, -0.05) is 323 Å². The first-order valence-electron chi connectivity index (χ1n) is 26.4. The van der Waals surface area contributed by atoms with Crippen molar-refractivity contribution in [2.75, 3.05) is 0 Å². The molecule has 0 atom stereocenters. The van der Waals surface area contributed by atoms with Crippen LogP contribution in [0.2, 0.25) is 0 Å². The lowest BCUT2D eigenvalue weighted by molar-refractivity contribution is -0.137. The van der Waals surface area contributed by atoms with Crippen LogP contribution in [0, 0.1) is 0 Å². The Hall–Kier alpha value is -0.530. The first kappa shape index (κ1) is 56.6. The molecule has 0 amide bonds. The van der Waals surface area contributed by atoms with Gasteiger partial charge in [-0.05, 0) is 6.42 Å². The van der Waals surface area contributed by atoms with E-state index in [1.807, 2.05) is 0 Å². The summed E-state index contributed by atoms with van der Waals surface area (Å²) in [6, 6.07) is 0. The van der Waals surface area contributed by atoms with E-state index in [9.17, 15) is 4.79 Å². The van der Waals surface area contributed by atoms with Crippen molar-refractivity contribution < 1.29 is 9.90 Å². The average molecular weight is 777 g/mol. The molecule has 1 N–H and O–H groups in total. The first-order valence-corrected chi connectivity index (χ1v) is 26.4. The molecular formula is C53H108O2. The molecule has 0 aliphatic rings. The molecule has 0 radical (unpaired) electrons. The highest BCUT2D eigenvalue weighted by Gasteiger charge is 1.99. The van der Waals surface area contributed by atoms with Crippen molar-refractivity contribution in [3.63, 3.8) is 0 Å². The Morgan fingerprint density at radius 1 is 0.218 bits per heavy atom. The standard InChI is InChI=1S/C32H64O2.C21H44/c1-2-3-4-5-6-7-8-9-10-11-12-13-14-15-16-17-18-19-20-21-22-23-24-25-26-27-28-29-30-31-32(33)34;1-3-5-7-9-11-13-15-17-19-21-20-18-16-14-12-10-8-6-4-2/h2-31H2,1H3,(H,33,34);3-21H2,1-2H3. The molecule has 0 aromatic rings. The van der Waals surface area contributed by atoms with E-state index in [1.165, 1.54) is 295 Å². The van der Waals surface area contributed by atoms with Crippen molar-refractivity contribution in [3.05, 3.63) is 0 Å². The van der Waals surface area contributed by atoms with Crippen molar-refractivity contribution in [2.45, 2.75) is 335 Å². The molecule has 0 aromatic heterocycles.